The number of hydrogen-bond donors (Lipinski definition) is 2. The van der Waals surface area contributed by atoms with Crippen LogP contribution in [0.25, 0.3) is 39.5 Å². The van der Waals surface area contributed by atoms with Gasteiger partial charge >= 0.3 is 0 Å². The van der Waals surface area contributed by atoms with E-state index in [4.69, 9.17) is 15.7 Å². The molecule has 0 saturated carbocycles. The summed E-state index contributed by atoms with van der Waals surface area (Å²) < 4.78 is 2.05. The van der Waals surface area contributed by atoms with Crippen LogP contribution in [-0.2, 0) is 6.54 Å². The molecule has 48 heavy (non-hydrogen) atoms. The van der Waals surface area contributed by atoms with Gasteiger partial charge in [0.2, 0.25) is 0 Å². The van der Waals surface area contributed by atoms with Crippen LogP contribution >= 0.6 is 0 Å². The van der Waals surface area contributed by atoms with Crippen LogP contribution < -0.4 is 5.73 Å². The number of anilines is 1. The molecule has 238 valence electrons. The molecule has 2 fully saturated rings. The van der Waals surface area contributed by atoms with E-state index in [2.05, 4.69) is 38.7 Å². The van der Waals surface area contributed by atoms with Crippen molar-refractivity contribution in [1.82, 2.24) is 29.3 Å². The van der Waals surface area contributed by atoms with Crippen molar-refractivity contribution in [3.63, 3.8) is 0 Å². The Bertz CT molecular complexity index is 2150. The molecule has 1 unspecified atom stereocenters. The fourth-order valence-electron chi connectivity index (χ4n) is 7.12. The molecule has 2 saturated heterocycles. The number of nitrogens with zero attached hydrogens (tertiary/aromatic N) is 6. The minimum Gasteiger partial charge on any atom is -0.507 e. The normalized spacial score (nSPS) is 17.5. The fourth-order valence-corrected chi connectivity index (χ4v) is 7.12. The number of carbonyl (C=O) groups excluding carboxylic acids is 2. The maximum Gasteiger partial charge on any atom is 0.253 e. The van der Waals surface area contributed by atoms with Crippen molar-refractivity contribution in [2.24, 2.45) is 11.8 Å². The van der Waals surface area contributed by atoms with E-state index >= 15 is 0 Å². The molecule has 0 bridgehead atoms. The molecule has 0 radical (unpaired) electrons. The Hall–Kier alpha value is -5.87. The van der Waals surface area contributed by atoms with E-state index in [0.29, 0.717) is 48.4 Å². The number of aromatic nitrogens is 4. The Morgan fingerprint density at radius 2 is 1.65 bits per heavy atom. The van der Waals surface area contributed by atoms with Gasteiger partial charge < -0.3 is 15.7 Å². The van der Waals surface area contributed by atoms with Gasteiger partial charge in [-0.25, -0.2) is 15.0 Å². The molecule has 2 aliphatic rings. The zero-order valence-electron chi connectivity index (χ0n) is 26.1. The Kier molecular flexibility index (Phi) is 7.41. The first kappa shape index (κ1) is 29.5. The average molecular weight is 636 g/mol. The van der Waals surface area contributed by atoms with Crippen LogP contribution in [0.2, 0.25) is 0 Å². The number of nitrogens with two attached hydrogens (primary N) is 1. The van der Waals surface area contributed by atoms with Gasteiger partial charge in [0.25, 0.3) is 5.91 Å². The highest BCUT2D eigenvalue weighted by Gasteiger charge is 2.41. The van der Waals surface area contributed by atoms with E-state index in [1.54, 1.807) is 12.3 Å². The highest BCUT2D eigenvalue weighted by Crippen LogP contribution is 2.34. The molecule has 5 heterocycles. The minimum absolute atomic E-state index is 0.0977. The quantitative estimate of drug-likeness (QED) is 0.222. The SMILES string of the molecule is Nc1ncccc1-c1nc2ccc(-c3ccccc3)nc2n1-c1ccc(CN2CC3CN(C(=O)c4ccc(O)c(C=O)c4)C[C@@H]3C2)cc1. The summed E-state index contributed by atoms with van der Waals surface area (Å²) in [4.78, 5) is 43.1. The van der Waals surface area contributed by atoms with Crippen molar-refractivity contribution in [2.75, 3.05) is 31.9 Å². The zero-order valence-corrected chi connectivity index (χ0v) is 26.1. The lowest BCUT2D eigenvalue weighted by molar-refractivity contribution is 0.0773. The summed E-state index contributed by atoms with van der Waals surface area (Å²) in [6.45, 7) is 4.00. The number of likely N-dealkylation sites (tertiary alicyclic amines) is 2. The van der Waals surface area contributed by atoms with E-state index in [1.165, 1.54) is 17.7 Å². The van der Waals surface area contributed by atoms with Gasteiger partial charge in [-0.1, -0.05) is 42.5 Å². The van der Waals surface area contributed by atoms with Gasteiger partial charge in [-0.3, -0.25) is 19.1 Å². The van der Waals surface area contributed by atoms with Crippen LogP contribution in [0, 0.1) is 11.8 Å². The summed E-state index contributed by atoms with van der Waals surface area (Å²) in [5.74, 6) is 1.66. The number of imidazole rings is 1. The van der Waals surface area contributed by atoms with Crippen molar-refractivity contribution in [3.05, 3.63) is 120 Å². The monoisotopic (exact) mass is 635 g/mol. The average Bonchev–Trinajstić information content (AvgIpc) is 3.81. The third-order valence-corrected chi connectivity index (χ3v) is 9.50. The molecule has 10 nitrogen and oxygen atoms in total. The molecule has 2 aliphatic heterocycles. The molecule has 10 heteroatoms. The lowest BCUT2D eigenvalue weighted by atomic mass is 10.0. The second-order valence-corrected chi connectivity index (χ2v) is 12.6. The van der Waals surface area contributed by atoms with Gasteiger partial charge in [0.15, 0.2) is 17.8 Å². The van der Waals surface area contributed by atoms with Crippen LogP contribution in [0.3, 0.4) is 0 Å². The number of rotatable bonds is 7. The Morgan fingerprint density at radius 1 is 0.875 bits per heavy atom. The van der Waals surface area contributed by atoms with Crippen LogP contribution in [0.5, 0.6) is 5.75 Å². The lowest BCUT2D eigenvalue weighted by Crippen LogP contribution is -2.33. The predicted octanol–water partition coefficient (Wildman–Crippen LogP) is 5.45. The number of amides is 1. The maximum atomic E-state index is 13.2. The lowest BCUT2D eigenvalue weighted by Gasteiger charge is -2.22. The van der Waals surface area contributed by atoms with Crippen molar-refractivity contribution >= 4 is 29.2 Å². The van der Waals surface area contributed by atoms with Crippen molar-refractivity contribution in [1.29, 1.82) is 0 Å². The van der Waals surface area contributed by atoms with Gasteiger partial charge in [-0.2, -0.15) is 0 Å². The number of phenolic OH excluding ortho intramolecular Hbond substituents is 1. The van der Waals surface area contributed by atoms with Crippen molar-refractivity contribution in [2.45, 2.75) is 6.54 Å². The second-order valence-electron chi connectivity index (χ2n) is 12.6. The predicted molar refractivity (Wildman–Crippen MR) is 184 cm³/mol. The number of fused-ring (bicyclic) bond motifs is 2. The molecule has 3 N–H and O–H groups in total. The van der Waals surface area contributed by atoms with Crippen molar-refractivity contribution in [3.8, 4) is 34.1 Å². The maximum absolute atomic E-state index is 13.2. The summed E-state index contributed by atoms with van der Waals surface area (Å²) in [5.41, 5.74) is 13.2. The molecule has 8 rings (SSSR count). The zero-order chi connectivity index (χ0) is 32.8. The van der Waals surface area contributed by atoms with E-state index in [0.717, 1.165) is 53.3 Å². The summed E-state index contributed by atoms with van der Waals surface area (Å²) in [5, 5.41) is 9.81. The number of pyridine rings is 2. The summed E-state index contributed by atoms with van der Waals surface area (Å²) >= 11 is 0. The number of phenols is 1. The largest absolute Gasteiger partial charge is 0.507 e. The van der Waals surface area contributed by atoms with E-state index in [1.807, 2.05) is 59.5 Å². The van der Waals surface area contributed by atoms with Crippen molar-refractivity contribution < 1.29 is 14.7 Å². The van der Waals surface area contributed by atoms with E-state index < -0.39 is 0 Å². The highest BCUT2D eigenvalue weighted by atomic mass is 16.3. The number of benzene rings is 3. The number of nitrogen functional groups attached to an aromatic ring is 1. The molecular formula is C38H33N7O3. The van der Waals surface area contributed by atoms with Crippen LogP contribution in [-0.4, -0.2) is 72.8 Å². The molecule has 3 aromatic heterocycles. The van der Waals surface area contributed by atoms with Crippen LogP contribution in [0.4, 0.5) is 5.82 Å². The third kappa shape index (κ3) is 5.35. The highest BCUT2D eigenvalue weighted by molar-refractivity contribution is 5.96. The van der Waals surface area contributed by atoms with E-state index in [9.17, 15) is 14.7 Å². The molecule has 0 spiro atoms. The first-order valence-electron chi connectivity index (χ1n) is 16.0. The molecular weight excluding hydrogens is 602 g/mol. The van der Waals surface area contributed by atoms with Gasteiger partial charge in [-0.05, 0) is 72.0 Å². The Balaban J connectivity index is 1.02. The summed E-state index contributed by atoms with van der Waals surface area (Å²) in [6, 6.07) is 30.8. The first-order chi connectivity index (χ1) is 23.4. The smallest absolute Gasteiger partial charge is 0.253 e. The molecule has 0 aliphatic carbocycles. The van der Waals surface area contributed by atoms with Crippen LogP contribution in [0.1, 0.15) is 26.3 Å². The standard InChI is InChI=1S/C38H33N7O3/c39-35-31(7-4-16-40-35)36-42-33-14-13-32(25-5-2-1-3-6-25)41-37(33)45(36)30-11-8-24(9-12-30)18-43-19-28-21-44(22-29(28)20-43)38(48)26-10-15-34(47)27(17-26)23-46/h1-17,23,28-29,47H,18-22H2,(H2,39,40)/t28-,29?/m0/s1. The Morgan fingerprint density at radius 3 is 2.38 bits per heavy atom. The van der Waals surface area contributed by atoms with Gasteiger partial charge in [0.05, 0.1) is 16.8 Å². The number of aldehydes is 1. The fraction of sp³-hybridized carbons (Fsp3) is 0.184. The van der Waals surface area contributed by atoms with Gasteiger partial charge in [0, 0.05) is 55.7 Å². The molecule has 3 aromatic carbocycles. The third-order valence-electron chi connectivity index (χ3n) is 9.50. The van der Waals surface area contributed by atoms with E-state index in [-0.39, 0.29) is 17.2 Å². The minimum atomic E-state index is -0.116. The first-order valence-corrected chi connectivity index (χ1v) is 16.0. The second kappa shape index (κ2) is 12.1. The number of carbonyl (C=O) groups is 2. The molecule has 6 aromatic rings. The number of hydrogen-bond acceptors (Lipinski definition) is 8. The van der Waals surface area contributed by atoms with Gasteiger partial charge in [-0.15, -0.1) is 0 Å². The van der Waals surface area contributed by atoms with Crippen LogP contribution in [0.15, 0.2) is 103 Å². The summed E-state index contributed by atoms with van der Waals surface area (Å²) in [6.07, 6.45) is 2.25. The van der Waals surface area contributed by atoms with Gasteiger partial charge in [0.1, 0.15) is 17.1 Å². The summed E-state index contributed by atoms with van der Waals surface area (Å²) in [7, 11) is 0. The Labute approximate surface area is 277 Å². The number of aromatic hydroxyl groups is 1. The molecule has 1 amide bonds. The topological polar surface area (TPSA) is 130 Å². The molecule has 2 atom stereocenters.